The van der Waals surface area contributed by atoms with Gasteiger partial charge in [0.2, 0.25) is 0 Å². The van der Waals surface area contributed by atoms with Gasteiger partial charge in [0.05, 0.1) is 0 Å². The smallest absolute Gasteiger partial charge is 0.322 e. The Kier molecular flexibility index (Phi) is 4.07. The van der Waals surface area contributed by atoms with Crippen LogP contribution < -0.4 is 11.1 Å². The number of carbonyl (C=O) groups excluding carboxylic acids is 1. The van der Waals surface area contributed by atoms with Crippen LogP contribution in [0.25, 0.3) is 0 Å². The number of urea groups is 1. The molecule has 1 saturated carbocycles. The number of hydrogen-bond acceptors (Lipinski definition) is 2. The van der Waals surface area contributed by atoms with Gasteiger partial charge in [-0.05, 0) is 43.5 Å². The van der Waals surface area contributed by atoms with Crippen LogP contribution in [0.15, 0.2) is 24.3 Å². The van der Waals surface area contributed by atoms with E-state index in [1.807, 2.05) is 17.0 Å². The molecule has 98 valence electrons. The summed E-state index contributed by atoms with van der Waals surface area (Å²) in [6, 6.07) is 7.71. The molecule has 0 aromatic heterocycles. The molecule has 1 fully saturated rings. The van der Waals surface area contributed by atoms with Gasteiger partial charge in [-0.25, -0.2) is 4.79 Å². The first-order valence-corrected chi connectivity index (χ1v) is 6.64. The number of benzene rings is 1. The van der Waals surface area contributed by atoms with Crippen molar-refractivity contribution in [3.63, 3.8) is 0 Å². The first kappa shape index (κ1) is 12.7. The number of carbonyl (C=O) groups is 1. The second-order valence-electron chi connectivity index (χ2n) is 4.83. The van der Waals surface area contributed by atoms with Crippen LogP contribution in [0.1, 0.15) is 32.6 Å². The fraction of sp³-hybridized carbons (Fsp3) is 0.500. The molecule has 0 bridgehead atoms. The lowest BCUT2D eigenvalue weighted by Crippen LogP contribution is -2.37. The molecule has 0 unspecified atom stereocenters. The van der Waals surface area contributed by atoms with Crippen LogP contribution in [-0.2, 0) is 0 Å². The molecule has 0 radical (unpaired) electrons. The van der Waals surface area contributed by atoms with E-state index in [1.165, 1.54) is 0 Å². The van der Waals surface area contributed by atoms with Gasteiger partial charge in [-0.2, -0.15) is 0 Å². The highest BCUT2D eigenvalue weighted by molar-refractivity contribution is 5.89. The van der Waals surface area contributed by atoms with E-state index in [-0.39, 0.29) is 6.03 Å². The third-order valence-electron chi connectivity index (χ3n) is 3.16. The summed E-state index contributed by atoms with van der Waals surface area (Å²) in [6.45, 7) is 2.99. The van der Waals surface area contributed by atoms with Crippen molar-refractivity contribution in [2.75, 3.05) is 17.6 Å². The summed E-state index contributed by atoms with van der Waals surface area (Å²) in [5, 5.41) is 2.93. The quantitative estimate of drug-likeness (QED) is 0.786. The lowest BCUT2D eigenvalue weighted by atomic mass is 10.3. The van der Waals surface area contributed by atoms with Gasteiger partial charge < -0.3 is 16.0 Å². The normalized spacial score (nSPS) is 14.3. The Balaban J connectivity index is 1.93. The van der Waals surface area contributed by atoms with Crippen molar-refractivity contribution in [2.45, 2.75) is 38.6 Å². The summed E-state index contributed by atoms with van der Waals surface area (Å²) in [5.74, 6) is 0. The number of hydrogen-bond donors (Lipinski definition) is 2. The Morgan fingerprint density at radius 2 is 2.06 bits per heavy atom. The molecule has 0 aliphatic heterocycles. The molecule has 4 heteroatoms. The number of nitrogens with two attached hydrogens (primary N) is 1. The van der Waals surface area contributed by atoms with E-state index in [1.54, 1.807) is 12.1 Å². The minimum Gasteiger partial charge on any atom is -0.399 e. The summed E-state index contributed by atoms with van der Waals surface area (Å²) in [4.78, 5) is 14.1. The molecule has 3 N–H and O–H groups in total. The van der Waals surface area contributed by atoms with Gasteiger partial charge in [-0.3, -0.25) is 0 Å². The van der Waals surface area contributed by atoms with Crippen molar-refractivity contribution in [3.05, 3.63) is 24.3 Å². The fourth-order valence-electron chi connectivity index (χ4n) is 1.93. The van der Waals surface area contributed by atoms with E-state index < -0.39 is 0 Å². The Bertz CT molecular complexity index is 398. The third kappa shape index (κ3) is 3.39. The first-order chi connectivity index (χ1) is 8.70. The highest BCUT2D eigenvalue weighted by Crippen LogP contribution is 2.27. The van der Waals surface area contributed by atoms with E-state index in [0.717, 1.165) is 37.9 Å². The third-order valence-corrected chi connectivity index (χ3v) is 3.16. The highest BCUT2D eigenvalue weighted by Gasteiger charge is 2.31. The van der Waals surface area contributed by atoms with Crippen LogP contribution in [0, 0.1) is 0 Å². The molecule has 4 nitrogen and oxygen atoms in total. The van der Waals surface area contributed by atoms with Crippen LogP contribution in [0.5, 0.6) is 0 Å². The summed E-state index contributed by atoms with van der Waals surface area (Å²) < 4.78 is 0. The van der Waals surface area contributed by atoms with Gasteiger partial charge in [0, 0.05) is 24.0 Å². The van der Waals surface area contributed by atoms with Crippen LogP contribution in [0.2, 0.25) is 0 Å². The Hall–Kier alpha value is -1.71. The summed E-state index contributed by atoms with van der Waals surface area (Å²) in [7, 11) is 0. The van der Waals surface area contributed by atoms with E-state index >= 15 is 0 Å². The molecule has 0 heterocycles. The second-order valence-corrected chi connectivity index (χ2v) is 4.83. The Morgan fingerprint density at radius 3 is 2.61 bits per heavy atom. The van der Waals surface area contributed by atoms with Gasteiger partial charge in [-0.15, -0.1) is 0 Å². The van der Waals surface area contributed by atoms with Gasteiger partial charge in [0.15, 0.2) is 0 Å². The zero-order valence-electron chi connectivity index (χ0n) is 10.9. The minimum atomic E-state index is 0.00993. The minimum absolute atomic E-state index is 0.00993. The van der Waals surface area contributed by atoms with E-state index in [9.17, 15) is 4.79 Å². The zero-order chi connectivity index (χ0) is 13.0. The maximum absolute atomic E-state index is 12.2. The molecule has 1 aliphatic rings. The number of rotatable bonds is 5. The number of unbranched alkanes of at least 4 members (excludes halogenated alkanes) is 1. The van der Waals surface area contributed by atoms with Crippen LogP contribution in [0.3, 0.4) is 0 Å². The van der Waals surface area contributed by atoms with Gasteiger partial charge in [0.1, 0.15) is 0 Å². The summed E-state index contributed by atoms with van der Waals surface area (Å²) >= 11 is 0. The molecule has 0 spiro atoms. The van der Waals surface area contributed by atoms with Crippen LogP contribution in [-0.4, -0.2) is 23.5 Å². The molecule has 1 aliphatic carbocycles. The van der Waals surface area contributed by atoms with E-state index in [2.05, 4.69) is 12.2 Å². The van der Waals surface area contributed by atoms with Crippen molar-refractivity contribution in [3.8, 4) is 0 Å². The van der Waals surface area contributed by atoms with Gasteiger partial charge in [0.25, 0.3) is 0 Å². The number of amides is 2. The molecule has 1 aromatic carbocycles. The van der Waals surface area contributed by atoms with Crippen molar-refractivity contribution >= 4 is 17.4 Å². The van der Waals surface area contributed by atoms with Crippen molar-refractivity contribution in [1.29, 1.82) is 0 Å². The van der Waals surface area contributed by atoms with Crippen LogP contribution >= 0.6 is 0 Å². The van der Waals surface area contributed by atoms with Crippen molar-refractivity contribution in [1.82, 2.24) is 4.90 Å². The standard InChI is InChI=1S/C14H21N3O/c1-2-3-10-17(13-8-9-13)14(18)16-12-6-4-11(15)5-7-12/h4-7,13H,2-3,8-10,15H2,1H3,(H,16,18). The van der Waals surface area contributed by atoms with Crippen molar-refractivity contribution < 1.29 is 4.79 Å². The SMILES string of the molecule is CCCCN(C(=O)Nc1ccc(N)cc1)C1CC1. The lowest BCUT2D eigenvalue weighted by molar-refractivity contribution is 0.208. The second kappa shape index (κ2) is 5.76. The average molecular weight is 247 g/mol. The fourth-order valence-corrected chi connectivity index (χ4v) is 1.93. The number of nitrogen functional groups attached to an aromatic ring is 1. The number of anilines is 2. The number of nitrogens with one attached hydrogen (secondary N) is 1. The Labute approximate surface area is 108 Å². The van der Waals surface area contributed by atoms with E-state index in [0.29, 0.717) is 11.7 Å². The molecule has 0 atom stereocenters. The highest BCUT2D eigenvalue weighted by atomic mass is 16.2. The maximum Gasteiger partial charge on any atom is 0.322 e. The average Bonchev–Trinajstić information content (AvgIpc) is 3.17. The molecular weight excluding hydrogens is 226 g/mol. The monoisotopic (exact) mass is 247 g/mol. The van der Waals surface area contributed by atoms with E-state index in [4.69, 9.17) is 5.73 Å². The maximum atomic E-state index is 12.2. The summed E-state index contributed by atoms with van der Waals surface area (Å²) in [5.41, 5.74) is 7.13. The molecule has 2 amide bonds. The largest absolute Gasteiger partial charge is 0.399 e. The topological polar surface area (TPSA) is 58.4 Å². The van der Waals surface area contributed by atoms with Crippen molar-refractivity contribution in [2.24, 2.45) is 0 Å². The lowest BCUT2D eigenvalue weighted by Gasteiger charge is -2.22. The van der Waals surface area contributed by atoms with Crippen LogP contribution in [0.4, 0.5) is 16.2 Å². The molecule has 2 rings (SSSR count). The summed E-state index contributed by atoms with van der Waals surface area (Å²) in [6.07, 6.45) is 4.45. The predicted octanol–water partition coefficient (Wildman–Crippen LogP) is 3.07. The number of nitrogens with zero attached hydrogens (tertiary/aromatic N) is 1. The molecule has 0 saturated heterocycles. The first-order valence-electron chi connectivity index (χ1n) is 6.64. The molecule has 1 aromatic rings. The zero-order valence-corrected chi connectivity index (χ0v) is 10.9. The Morgan fingerprint density at radius 1 is 1.39 bits per heavy atom. The van der Waals surface area contributed by atoms with Gasteiger partial charge >= 0.3 is 6.03 Å². The molecule has 18 heavy (non-hydrogen) atoms. The predicted molar refractivity (Wildman–Crippen MR) is 74.5 cm³/mol. The van der Waals surface area contributed by atoms with Gasteiger partial charge in [-0.1, -0.05) is 13.3 Å². The molecular formula is C14H21N3O.